The molecule has 0 saturated heterocycles. The molecule has 0 aromatic heterocycles. The molecule has 0 aliphatic heterocycles. The van der Waals surface area contributed by atoms with E-state index in [1.807, 2.05) is 0 Å². The van der Waals surface area contributed by atoms with E-state index in [0.717, 1.165) is 11.8 Å². The summed E-state index contributed by atoms with van der Waals surface area (Å²) in [7, 11) is 0. The lowest BCUT2D eigenvalue weighted by Crippen LogP contribution is -2.29. The minimum Gasteiger partial charge on any atom is -0.0729 e. The highest BCUT2D eigenvalue weighted by Crippen LogP contribution is 2.46. The molecule has 12 heavy (non-hydrogen) atoms. The number of benzene rings is 1. The molecule has 2 aliphatic rings. The Hall–Kier alpha value is -1.04. The number of hydrogen-bond donors (Lipinski definition) is 0. The topological polar surface area (TPSA) is 0 Å². The summed E-state index contributed by atoms with van der Waals surface area (Å²) in [6, 6.07) is 8.74. The molecule has 3 rings (SSSR count). The second kappa shape index (κ2) is 2.01. The zero-order valence-corrected chi connectivity index (χ0v) is 7.25. The van der Waals surface area contributed by atoms with Crippen LogP contribution in [0.4, 0.5) is 0 Å². The summed E-state index contributed by atoms with van der Waals surface area (Å²) in [6.45, 7) is 2.29. The third kappa shape index (κ3) is 0.726. The largest absolute Gasteiger partial charge is 0.0729 e. The van der Waals surface area contributed by atoms with Crippen molar-refractivity contribution in [2.24, 2.45) is 11.8 Å². The maximum Gasteiger partial charge on any atom is -0.0127 e. The Labute approximate surface area is 72.2 Å². The zero-order valence-electron chi connectivity index (χ0n) is 7.25. The SMILES string of the molecule is CC1=c2ccccc2=CC2CC12. The average Bonchev–Trinajstić information content (AvgIpc) is 2.84. The van der Waals surface area contributed by atoms with Crippen LogP contribution < -0.4 is 10.4 Å². The van der Waals surface area contributed by atoms with Gasteiger partial charge in [0.15, 0.2) is 0 Å². The standard InChI is InChI=1S/C12H12/c1-8-11-5-3-2-4-9(11)6-10-7-12(8)10/h2-6,10,12H,7H2,1H3. The Morgan fingerprint density at radius 1 is 1.25 bits per heavy atom. The van der Waals surface area contributed by atoms with E-state index in [4.69, 9.17) is 0 Å². The number of rotatable bonds is 0. The van der Waals surface area contributed by atoms with Crippen molar-refractivity contribution in [1.29, 1.82) is 0 Å². The smallest absolute Gasteiger partial charge is 0.0127 e. The van der Waals surface area contributed by atoms with Crippen LogP contribution in [0.3, 0.4) is 0 Å². The Bertz CT molecular complexity index is 439. The van der Waals surface area contributed by atoms with Crippen LogP contribution >= 0.6 is 0 Å². The molecule has 0 radical (unpaired) electrons. The van der Waals surface area contributed by atoms with Crippen molar-refractivity contribution in [3.8, 4) is 0 Å². The lowest BCUT2D eigenvalue weighted by atomic mass is 10.0. The summed E-state index contributed by atoms with van der Waals surface area (Å²) < 4.78 is 0. The van der Waals surface area contributed by atoms with Crippen LogP contribution in [0, 0.1) is 11.8 Å². The number of hydrogen-bond acceptors (Lipinski definition) is 0. The molecule has 0 N–H and O–H groups in total. The third-order valence-corrected chi connectivity index (χ3v) is 3.18. The van der Waals surface area contributed by atoms with Gasteiger partial charge in [0.05, 0.1) is 0 Å². The molecule has 1 saturated carbocycles. The number of fused-ring (bicyclic) bond motifs is 2. The fraction of sp³-hybridized carbons (Fsp3) is 0.333. The van der Waals surface area contributed by atoms with Crippen LogP contribution in [0.15, 0.2) is 24.3 Å². The van der Waals surface area contributed by atoms with Gasteiger partial charge in [0, 0.05) is 0 Å². The van der Waals surface area contributed by atoms with Crippen molar-refractivity contribution < 1.29 is 0 Å². The summed E-state index contributed by atoms with van der Waals surface area (Å²) in [4.78, 5) is 0. The van der Waals surface area contributed by atoms with Crippen LogP contribution in [0.1, 0.15) is 13.3 Å². The molecule has 0 amide bonds. The first-order valence-electron chi connectivity index (χ1n) is 4.64. The van der Waals surface area contributed by atoms with Crippen LogP contribution in [0.2, 0.25) is 0 Å². The normalized spacial score (nSPS) is 30.2. The van der Waals surface area contributed by atoms with Crippen molar-refractivity contribution in [3.05, 3.63) is 34.7 Å². The fourth-order valence-electron chi connectivity index (χ4n) is 2.33. The van der Waals surface area contributed by atoms with Crippen molar-refractivity contribution in [1.82, 2.24) is 0 Å². The Balaban J connectivity index is 2.47. The summed E-state index contributed by atoms with van der Waals surface area (Å²) >= 11 is 0. The first-order chi connectivity index (χ1) is 5.86. The molecule has 0 bridgehead atoms. The van der Waals surface area contributed by atoms with E-state index in [0.29, 0.717) is 0 Å². The van der Waals surface area contributed by atoms with Crippen LogP contribution in [-0.2, 0) is 0 Å². The summed E-state index contributed by atoms with van der Waals surface area (Å²) in [5.74, 6) is 1.76. The molecule has 0 heterocycles. The van der Waals surface area contributed by atoms with Crippen LogP contribution in [0.25, 0.3) is 11.6 Å². The van der Waals surface area contributed by atoms with Gasteiger partial charge in [0.2, 0.25) is 0 Å². The highest BCUT2D eigenvalue weighted by Gasteiger charge is 2.37. The Kier molecular flexibility index (Phi) is 1.08. The average molecular weight is 156 g/mol. The van der Waals surface area contributed by atoms with Crippen LogP contribution in [0.5, 0.6) is 0 Å². The van der Waals surface area contributed by atoms with E-state index < -0.39 is 0 Å². The summed E-state index contributed by atoms with van der Waals surface area (Å²) in [6.07, 6.45) is 3.83. The maximum atomic E-state index is 2.44. The van der Waals surface area contributed by atoms with Crippen molar-refractivity contribution in [2.75, 3.05) is 0 Å². The predicted octanol–water partition coefficient (Wildman–Crippen LogP) is 1.29. The predicted molar refractivity (Wildman–Crippen MR) is 50.8 cm³/mol. The molecule has 2 aliphatic carbocycles. The first kappa shape index (κ1) is 6.47. The molecule has 0 spiro atoms. The monoisotopic (exact) mass is 156 g/mol. The minimum atomic E-state index is 0.875. The van der Waals surface area contributed by atoms with Gasteiger partial charge in [-0.05, 0) is 35.6 Å². The highest BCUT2D eigenvalue weighted by atomic mass is 14.4. The summed E-state index contributed by atoms with van der Waals surface area (Å²) in [5, 5.41) is 2.94. The van der Waals surface area contributed by atoms with Gasteiger partial charge in [-0.25, -0.2) is 0 Å². The lowest BCUT2D eigenvalue weighted by molar-refractivity contribution is 1.01. The molecular formula is C12H12. The third-order valence-electron chi connectivity index (χ3n) is 3.18. The van der Waals surface area contributed by atoms with Gasteiger partial charge in [0.25, 0.3) is 0 Å². The van der Waals surface area contributed by atoms with Crippen molar-refractivity contribution >= 4 is 11.6 Å². The van der Waals surface area contributed by atoms with E-state index in [1.54, 1.807) is 5.57 Å². The van der Waals surface area contributed by atoms with Crippen LogP contribution in [-0.4, -0.2) is 0 Å². The molecule has 2 unspecified atom stereocenters. The second-order valence-corrected chi connectivity index (χ2v) is 3.94. The van der Waals surface area contributed by atoms with Gasteiger partial charge in [-0.1, -0.05) is 35.9 Å². The van der Waals surface area contributed by atoms with Gasteiger partial charge >= 0.3 is 0 Å². The Morgan fingerprint density at radius 2 is 2.08 bits per heavy atom. The van der Waals surface area contributed by atoms with Gasteiger partial charge in [-0.15, -0.1) is 0 Å². The molecule has 2 atom stereocenters. The molecule has 0 heteroatoms. The van der Waals surface area contributed by atoms with Gasteiger partial charge in [0.1, 0.15) is 0 Å². The molecular weight excluding hydrogens is 144 g/mol. The van der Waals surface area contributed by atoms with Gasteiger partial charge in [-0.2, -0.15) is 0 Å². The van der Waals surface area contributed by atoms with E-state index in [2.05, 4.69) is 37.3 Å². The Morgan fingerprint density at radius 3 is 3.00 bits per heavy atom. The van der Waals surface area contributed by atoms with E-state index >= 15 is 0 Å². The molecule has 0 nitrogen and oxygen atoms in total. The second-order valence-electron chi connectivity index (χ2n) is 3.94. The van der Waals surface area contributed by atoms with E-state index in [-0.39, 0.29) is 0 Å². The maximum absolute atomic E-state index is 2.44. The molecule has 1 aromatic carbocycles. The summed E-state index contributed by atoms with van der Waals surface area (Å²) in [5.41, 5.74) is 1.61. The fourth-order valence-corrected chi connectivity index (χ4v) is 2.33. The van der Waals surface area contributed by atoms with Crippen molar-refractivity contribution in [3.63, 3.8) is 0 Å². The van der Waals surface area contributed by atoms with Gasteiger partial charge in [-0.3, -0.25) is 0 Å². The van der Waals surface area contributed by atoms with Crippen molar-refractivity contribution in [2.45, 2.75) is 13.3 Å². The van der Waals surface area contributed by atoms with Gasteiger partial charge < -0.3 is 0 Å². The lowest BCUT2D eigenvalue weighted by Gasteiger charge is -2.04. The minimum absolute atomic E-state index is 0.875. The molecule has 60 valence electrons. The molecule has 1 fully saturated rings. The van der Waals surface area contributed by atoms with E-state index in [9.17, 15) is 0 Å². The molecule has 1 aromatic rings. The van der Waals surface area contributed by atoms with E-state index in [1.165, 1.54) is 16.9 Å². The first-order valence-corrected chi connectivity index (χ1v) is 4.64. The highest BCUT2D eigenvalue weighted by molar-refractivity contribution is 5.58. The quantitative estimate of drug-likeness (QED) is 0.531. The zero-order chi connectivity index (χ0) is 8.13.